The van der Waals surface area contributed by atoms with Gasteiger partial charge in [-0.1, -0.05) is 24.3 Å². The second kappa shape index (κ2) is 9.23. The SMILES string of the molecule is CC1NN(c2ccc(C(C)(C)C#N)cc2)C23C=CC(c4cncc(N5CCN(C)CC5)c4)=NC2=CC=CC13. The van der Waals surface area contributed by atoms with Crippen molar-refractivity contribution >= 4 is 17.1 Å². The minimum absolute atomic E-state index is 0.230. The Balaban J connectivity index is 1.33. The van der Waals surface area contributed by atoms with E-state index in [1.807, 2.05) is 26.2 Å². The number of nitrogens with zero attached hydrogens (tertiary/aromatic N) is 6. The molecule has 38 heavy (non-hydrogen) atoms. The van der Waals surface area contributed by atoms with E-state index >= 15 is 0 Å². The van der Waals surface area contributed by atoms with Gasteiger partial charge >= 0.3 is 0 Å². The summed E-state index contributed by atoms with van der Waals surface area (Å²) in [6.07, 6.45) is 14.9. The van der Waals surface area contributed by atoms with E-state index in [0.29, 0.717) is 0 Å². The van der Waals surface area contributed by atoms with Gasteiger partial charge < -0.3 is 9.80 Å². The molecule has 7 nitrogen and oxygen atoms in total. The predicted octanol–water partition coefficient (Wildman–Crippen LogP) is 4.22. The fourth-order valence-corrected chi connectivity index (χ4v) is 6.04. The molecule has 0 radical (unpaired) electrons. The lowest BCUT2D eigenvalue weighted by Crippen LogP contribution is -2.52. The number of anilines is 2. The summed E-state index contributed by atoms with van der Waals surface area (Å²) in [7, 11) is 2.17. The second-order valence-electron chi connectivity index (χ2n) is 11.4. The Bertz CT molecular complexity index is 1390. The van der Waals surface area contributed by atoms with Crippen molar-refractivity contribution in [2.45, 2.75) is 37.8 Å². The van der Waals surface area contributed by atoms with Gasteiger partial charge in [0.1, 0.15) is 5.54 Å². The first-order chi connectivity index (χ1) is 18.3. The number of allylic oxidation sites excluding steroid dienone is 3. The number of dihydropyridines is 1. The summed E-state index contributed by atoms with van der Waals surface area (Å²) in [6.45, 7) is 10.3. The smallest absolute Gasteiger partial charge is 0.124 e. The van der Waals surface area contributed by atoms with Gasteiger partial charge in [-0.05, 0) is 69.8 Å². The van der Waals surface area contributed by atoms with Crippen molar-refractivity contribution in [3.05, 3.63) is 89.9 Å². The highest BCUT2D eigenvalue weighted by Crippen LogP contribution is 2.47. The van der Waals surface area contributed by atoms with Crippen molar-refractivity contribution in [1.29, 1.82) is 5.26 Å². The molecule has 1 aliphatic carbocycles. The molecule has 1 aromatic heterocycles. The molecular formula is C31H35N7. The number of hydrogen-bond acceptors (Lipinski definition) is 7. The van der Waals surface area contributed by atoms with E-state index in [0.717, 1.165) is 60.1 Å². The monoisotopic (exact) mass is 505 g/mol. The minimum Gasteiger partial charge on any atom is -0.368 e. The van der Waals surface area contributed by atoms with E-state index in [1.54, 1.807) is 0 Å². The first kappa shape index (κ1) is 24.6. The van der Waals surface area contributed by atoms with Crippen LogP contribution in [-0.2, 0) is 5.41 Å². The third-order valence-electron chi connectivity index (χ3n) is 8.48. The minimum atomic E-state index is -0.527. The van der Waals surface area contributed by atoms with Crippen LogP contribution in [0.2, 0.25) is 0 Å². The lowest BCUT2D eigenvalue weighted by molar-refractivity contribution is 0.313. The fraction of sp³-hybridized carbons (Fsp3) is 0.387. The highest BCUT2D eigenvalue weighted by molar-refractivity contribution is 6.10. The van der Waals surface area contributed by atoms with Gasteiger partial charge in [0.25, 0.3) is 0 Å². The van der Waals surface area contributed by atoms with E-state index in [2.05, 4.69) is 106 Å². The van der Waals surface area contributed by atoms with Gasteiger partial charge in [-0.2, -0.15) is 5.26 Å². The third kappa shape index (κ3) is 3.96. The molecule has 3 atom stereocenters. The normalized spacial score (nSPS) is 26.9. The first-order valence-electron chi connectivity index (χ1n) is 13.5. The van der Waals surface area contributed by atoms with Crippen molar-refractivity contribution in [3.63, 3.8) is 0 Å². The number of pyridine rings is 1. The van der Waals surface area contributed by atoms with Crippen molar-refractivity contribution in [3.8, 4) is 6.07 Å². The molecule has 4 aliphatic rings. The van der Waals surface area contributed by atoms with E-state index in [1.165, 1.54) is 0 Å². The van der Waals surface area contributed by atoms with Crippen LogP contribution in [0.25, 0.3) is 0 Å². The molecule has 1 aromatic carbocycles. The van der Waals surface area contributed by atoms with Crippen LogP contribution in [0.4, 0.5) is 11.4 Å². The Morgan fingerprint density at radius 1 is 1.08 bits per heavy atom. The maximum Gasteiger partial charge on any atom is 0.124 e. The average molecular weight is 506 g/mol. The largest absolute Gasteiger partial charge is 0.368 e. The number of hydrogen-bond donors (Lipinski definition) is 1. The van der Waals surface area contributed by atoms with Crippen molar-refractivity contribution in [1.82, 2.24) is 15.3 Å². The average Bonchev–Trinajstić information content (AvgIpc) is 3.24. The molecule has 0 saturated carbocycles. The molecule has 194 valence electrons. The van der Waals surface area contributed by atoms with Crippen LogP contribution >= 0.6 is 0 Å². The number of rotatable bonds is 4. The lowest BCUT2D eigenvalue weighted by atomic mass is 9.74. The highest BCUT2D eigenvalue weighted by atomic mass is 15.6. The Morgan fingerprint density at radius 3 is 2.58 bits per heavy atom. The Morgan fingerprint density at radius 2 is 1.84 bits per heavy atom. The van der Waals surface area contributed by atoms with Gasteiger partial charge in [0.05, 0.1) is 40.5 Å². The van der Waals surface area contributed by atoms with Gasteiger partial charge in [-0.25, -0.2) is 10.4 Å². The van der Waals surface area contributed by atoms with Crippen LogP contribution in [0, 0.1) is 17.2 Å². The number of benzene rings is 1. The van der Waals surface area contributed by atoms with Crippen molar-refractivity contribution in [2.24, 2.45) is 10.9 Å². The molecule has 7 heteroatoms. The molecule has 2 saturated heterocycles. The Labute approximate surface area is 225 Å². The summed E-state index contributed by atoms with van der Waals surface area (Å²) in [5.41, 5.74) is 8.98. The maximum absolute atomic E-state index is 9.57. The number of hydrazine groups is 1. The first-order valence-corrected chi connectivity index (χ1v) is 13.5. The molecule has 1 spiro atoms. The van der Waals surface area contributed by atoms with Crippen LogP contribution in [-0.4, -0.2) is 60.4 Å². The van der Waals surface area contributed by atoms with Gasteiger partial charge in [-0.15, -0.1) is 0 Å². The summed E-state index contributed by atoms with van der Waals surface area (Å²) in [5, 5.41) is 11.8. The molecular weight excluding hydrogens is 470 g/mol. The number of aromatic nitrogens is 1. The van der Waals surface area contributed by atoms with Crippen LogP contribution in [0.15, 0.2) is 83.8 Å². The Hall–Kier alpha value is -3.73. The highest BCUT2D eigenvalue weighted by Gasteiger charge is 2.54. The number of nitriles is 1. The topological polar surface area (TPSA) is 70.8 Å². The van der Waals surface area contributed by atoms with Crippen molar-refractivity contribution in [2.75, 3.05) is 43.1 Å². The number of piperazine rings is 1. The summed E-state index contributed by atoms with van der Waals surface area (Å²) >= 11 is 0. The zero-order valence-electron chi connectivity index (χ0n) is 22.6. The zero-order chi connectivity index (χ0) is 26.5. The molecule has 2 fully saturated rings. The standard InChI is InChI=1S/C31H35N7/c1-22-27-6-5-7-29-31(27,38(35-22)25-10-8-24(9-11-25)30(2,3)21-32)13-12-28(34-29)23-18-26(20-33-19-23)37-16-14-36(4)15-17-37/h5-13,18-20,22,27,35H,14-17H2,1-4H3. The molecule has 2 aromatic rings. The van der Waals surface area contributed by atoms with E-state index in [9.17, 15) is 5.26 Å². The molecule has 1 N–H and O–H groups in total. The molecule has 3 unspecified atom stereocenters. The van der Waals surface area contributed by atoms with Gasteiger partial charge in [0, 0.05) is 49.9 Å². The predicted molar refractivity (Wildman–Crippen MR) is 153 cm³/mol. The van der Waals surface area contributed by atoms with Gasteiger partial charge in [-0.3, -0.25) is 9.99 Å². The molecule has 0 bridgehead atoms. The zero-order valence-corrected chi connectivity index (χ0v) is 22.6. The van der Waals surface area contributed by atoms with Crippen LogP contribution in [0.5, 0.6) is 0 Å². The van der Waals surface area contributed by atoms with Gasteiger partial charge in [0.15, 0.2) is 0 Å². The second-order valence-corrected chi connectivity index (χ2v) is 11.4. The molecule has 0 amide bonds. The van der Waals surface area contributed by atoms with Crippen LogP contribution in [0.3, 0.4) is 0 Å². The molecule has 6 rings (SSSR count). The van der Waals surface area contributed by atoms with Crippen LogP contribution in [0.1, 0.15) is 31.9 Å². The van der Waals surface area contributed by atoms with Crippen molar-refractivity contribution < 1.29 is 0 Å². The van der Waals surface area contributed by atoms with E-state index in [4.69, 9.17) is 4.99 Å². The third-order valence-corrected chi connectivity index (χ3v) is 8.48. The fourth-order valence-electron chi connectivity index (χ4n) is 6.04. The summed E-state index contributed by atoms with van der Waals surface area (Å²) < 4.78 is 0. The molecule has 3 aliphatic heterocycles. The summed E-state index contributed by atoms with van der Waals surface area (Å²) in [6, 6.07) is 13.2. The Kier molecular flexibility index (Phi) is 5.97. The summed E-state index contributed by atoms with van der Waals surface area (Å²) in [5.74, 6) is 0.231. The van der Waals surface area contributed by atoms with Gasteiger partial charge in [0.2, 0.25) is 0 Å². The maximum atomic E-state index is 9.57. The number of likely N-dealkylation sites (N-methyl/N-ethyl adjacent to an activating group) is 1. The number of aliphatic imine (C=N–C) groups is 1. The van der Waals surface area contributed by atoms with E-state index in [-0.39, 0.29) is 12.0 Å². The summed E-state index contributed by atoms with van der Waals surface area (Å²) in [4.78, 5) is 14.6. The van der Waals surface area contributed by atoms with Crippen LogP contribution < -0.4 is 15.3 Å². The quantitative estimate of drug-likeness (QED) is 0.671. The number of nitrogens with one attached hydrogen (secondary N) is 1. The lowest BCUT2D eigenvalue weighted by Gasteiger charge is -2.43. The molecule has 4 heterocycles. The van der Waals surface area contributed by atoms with E-state index < -0.39 is 11.0 Å².